The molecule has 1 aliphatic carbocycles. The Kier molecular flexibility index (Phi) is 8.83. The second kappa shape index (κ2) is 12.7. The Morgan fingerprint density at radius 2 is 2.12 bits per heavy atom. The van der Waals surface area contributed by atoms with Crippen molar-refractivity contribution in [3.63, 3.8) is 0 Å². The van der Waals surface area contributed by atoms with Crippen LogP contribution in [-0.4, -0.2) is 85.9 Å². The van der Waals surface area contributed by atoms with Crippen molar-refractivity contribution in [2.75, 3.05) is 64.2 Å². The number of guanidine groups is 1. The summed E-state index contributed by atoms with van der Waals surface area (Å²) in [5, 5.41) is 14.0. The number of aromatic amines is 1. The van der Waals surface area contributed by atoms with Crippen molar-refractivity contribution >= 4 is 45.0 Å². The van der Waals surface area contributed by atoms with E-state index >= 15 is 0 Å². The van der Waals surface area contributed by atoms with Crippen LogP contribution in [0.1, 0.15) is 18.0 Å². The molecule has 0 bridgehead atoms. The standard InChI is InChI=1S/C29H35BrN8O2/c1-36(2)13-7-12-24(39)31-21-9-5-4-8-20(18-21)26-25-27(30)34-35-28(25)33-29(37(26)3)32-22-10-6-11-23(19-22)38-14-16-40-17-15-38/h4,6-12,18-19,26H,5,13-17H2,1-3H3,(H,31,39)(H2,32,33,34,35)/b12-7+. The Balaban J connectivity index is 1.40. The molecule has 1 atom stereocenters. The molecule has 3 heterocycles. The Hall–Kier alpha value is -3.67. The summed E-state index contributed by atoms with van der Waals surface area (Å²) in [5.74, 6) is 1.13. The molecule has 1 amide bonds. The molecule has 3 N–H and O–H groups in total. The lowest BCUT2D eigenvalue weighted by Gasteiger charge is -2.35. The normalized spacial score (nSPS) is 19.2. The topological polar surface area (TPSA) is 101 Å². The third kappa shape index (κ3) is 6.55. The van der Waals surface area contributed by atoms with Crippen LogP contribution in [0.15, 0.2) is 81.6 Å². The number of anilines is 2. The highest BCUT2D eigenvalue weighted by molar-refractivity contribution is 9.10. The van der Waals surface area contributed by atoms with Crippen LogP contribution >= 0.6 is 15.9 Å². The second-order valence-corrected chi connectivity index (χ2v) is 10.9. The van der Waals surface area contributed by atoms with Gasteiger partial charge in [-0.15, -0.1) is 0 Å². The molecule has 1 unspecified atom stereocenters. The summed E-state index contributed by atoms with van der Waals surface area (Å²) in [7, 11) is 5.94. The number of nitrogens with zero attached hydrogens (tertiary/aromatic N) is 5. The van der Waals surface area contributed by atoms with Gasteiger partial charge in [-0.1, -0.05) is 30.4 Å². The Labute approximate surface area is 243 Å². The summed E-state index contributed by atoms with van der Waals surface area (Å²) < 4.78 is 6.29. The molecule has 0 spiro atoms. The molecule has 1 aromatic heterocycles. The molecule has 210 valence electrons. The lowest BCUT2D eigenvalue weighted by atomic mass is 9.97. The van der Waals surface area contributed by atoms with Crippen molar-refractivity contribution in [1.82, 2.24) is 25.3 Å². The number of carbonyl (C=O) groups is 1. The van der Waals surface area contributed by atoms with Crippen LogP contribution in [0.2, 0.25) is 0 Å². The van der Waals surface area contributed by atoms with E-state index in [0.29, 0.717) is 24.7 Å². The molecular formula is C29H35BrN8O2. The minimum absolute atomic E-state index is 0.156. The van der Waals surface area contributed by atoms with Gasteiger partial charge in [0, 0.05) is 49.8 Å². The minimum atomic E-state index is -0.204. The number of amides is 1. The Bertz CT molecular complexity index is 1380. The van der Waals surface area contributed by atoms with E-state index in [2.05, 4.69) is 70.8 Å². The molecule has 40 heavy (non-hydrogen) atoms. The summed E-state index contributed by atoms with van der Waals surface area (Å²) in [5.41, 5.74) is 4.78. The minimum Gasteiger partial charge on any atom is -0.378 e. The number of benzene rings is 1. The highest BCUT2D eigenvalue weighted by atomic mass is 79.9. The van der Waals surface area contributed by atoms with Gasteiger partial charge in [0.1, 0.15) is 4.60 Å². The number of nitrogens with one attached hydrogen (secondary N) is 3. The zero-order chi connectivity index (χ0) is 28.1. The van der Waals surface area contributed by atoms with E-state index < -0.39 is 0 Å². The summed E-state index contributed by atoms with van der Waals surface area (Å²) in [6, 6.07) is 8.14. The van der Waals surface area contributed by atoms with Crippen LogP contribution in [0, 0.1) is 0 Å². The fourth-order valence-electron chi connectivity index (χ4n) is 4.88. The van der Waals surface area contributed by atoms with Gasteiger partial charge >= 0.3 is 0 Å². The number of fused-ring (bicyclic) bond motifs is 1. The SMILES string of the molecule is CN(C)C/C=C/C(=O)NC1=CCC=CC(C2c3c(n[nH]c3Br)N=C(Nc3cccc(N4CCOCC4)c3)N2C)=C1. The number of aliphatic imine (C=N–C) groups is 1. The van der Waals surface area contributed by atoms with Crippen molar-refractivity contribution in [2.45, 2.75) is 12.5 Å². The predicted molar refractivity (Wildman–Crippen MR) is 163 cm³/mol. The van der Waals surface area contributed by atoms with Gasteiger partial charge in [0.2, 0.25) is 11.9 Å². The predicted octanol–water partition coefficient (Wildman–Crippen LogP) is 4.10. The summed E-state index contributed by atoms with van der Waals surface area (Å²) >= 11 is 3.64. The number of H-pyrrole nitrogens is 1. The smallest absolute Gasteiger partial charge is 0.248 e. The number of hydrogen-bond donors (Lipinski definition) is 3. The third-order valence-electron chi connectivity index (χ3n) is 6.85. The highest BCUT2D eigenvalue weighted by Crippen LogP contribution is 2.42. The highest BCUT2D eigenvalue weighted by Gasteiger charge is 2.34. The van der Waals surface area contributed by atoms with Crippen LogP contribution in [-0.2, 0) is 9.53 Å². The van der Waals surface area contributed by atoms with Crippen LogP contribution in [0.4, 0.5) is 17.2 Å². The van der Waals surface area contributed by atoms with Crippen molar-refractivity contribution < 1.29 is 9.53 Å². The zero-order valence-electron chi connectivity index (χ0n) is 23.0. The van der Waals surface area contributed by atoms with Crippen molar-refractivity contribution in [2.24, 2.45) is 4.99 Å². The van der Waals surface area contributed by atoms with Gasteiger partial charge < -0.3 is 30.1 Å². The number of allylic oxidation sites excluding steroid dienone is 3. The summed E-state index contributed by atoms with van der Waals surface area (Å²) in [6.45, 7) is 3.91. The lowest BCUT2D eigenvalue weighted by molar-refractivity contribution is -0.115. The zero-order valence-corrected chi connectivity index (χ0v) is 24.6. The number of halogens is 1. The fraction of sp³-hybridized carbons (Fsp3) is 0.345. The van der Waals surface area contributed by atoms with Gasteiger partial charge in [-0.2, -0.15) is 10.1 Å². The van der Waals surface area contributed by atoms with Crippen LogP contribution in [0.25, 0.3) is 0 Å². The molecule has 1 aromatic carbocycles. The van der Waals surface area contributed by atoms with Gasteiger partial charge in [-0.3, -0.25) is 9.89 Å². The first kappa shape index (κ1) is 27.9. The molecule has 11 heteroatoms. The van der Waals surface area contributed by atoms with Gasteiger partial charge in [-0.05, 0) is 66.3 Å². The van der Waals surface area contributed by atoms with E-state index in [1.54, 1.807) is 6.08 Å². The van der Waals surface area contributed by atoms with E-state index in [1.165, 1.54) is 0 Å². The maximum Gasteiger partial charge on any atom is 0.248 e. The molecule has 1 fully saturated rings. The summed E-state index contributed by atoms with van der Waals surface area (Å²) in [6.07, 6.45) is 12.4. The van der Waals surface area contributed by atoms with E-state index in [-0.39, 0.29) is 11.9 Å². The molecule has 2 aromatic rings. The van der Waals surface area contributed by atoms with E-state index in [1.807, 2.05) is 56.4 Å². The lowest BCUT2D eigenvalue weighted by Crippen LogP contribution is -2.39. The van der Waals surface area contributed by atoms with Crippen molar-refractivity contribution in [3.05, 3.63) is 82.2 Å². The molecule has 3 aliphatic rings. The molecular weight excluding hydrogens is 572 g/mol. The first-order valence-electron chi connectivity index (χ1n) is 13.3. The van der Waals surface area contributed by atoms with Gasteiger partial charge in [0.15, 0.2) is 5.82 Å². The molecule has 1 saturated heterocycles. The number of ether oxygens (including phenoxy) is 1. The number of likely N-dealkylation sites (N-methyl/N-ethyl adjacent to an activating group) is 2. The first-order chi connectivity index (χ1) is 19.4. The first-order valence-corrected chi connectivity index (χ1v) is 14.1. The molecule has 10 nitrogen and oxygen atoms in total. The van der Waals surface area contributed by atoms with Crippen LogP contribution in [0.3, 0.4) is 0 Å². The maximum atomic E-state index is 12.6. The Morgan fingerprint density at radius 3 is 2.92 bits per heavy atom. The van der Waals surface area contributed by atoms with Crippen LogP contribution < -0.4 is 15.5 Å². The van der Waals surface area contributed by atoms with Crippen molar-refractivity contribution in [1.29, 1.82) is 0 Å². The van der Waals surface area contributed by atoms with Gasteiger partial charge in [0.05, 0.1) is 24.8 Å². The van der Waals surface area contributed by atoms with Crippen LogP contribution in [0.5, 0.6) is 0 Å². The largest absolute Gasteiger partial charge is 0.378 e. The number of rotatable bonds is 7. The number of morpholine rings is 1. The average molecular weight is 608 g/mol. The maximum absolute atomic E-state index is 12.6. The quantitative estimate of drug-likeness (QED) is 0.408. The number of aromatic nitrogens is 2. The summed E-state index contributed by atoms with van der Waals surface area (Å²) in [4.78, 5) is 23.9. The van der Waals surface area contributed by atoms with E-state index in [0.717, 1.165) is 59.1 Å². The van der Waals surface area contributed by atoms with E-state index in [9.17, 15) is 4.79 Å². The van der Waals surface area contributed by atoms with Gasteiger partial charge in [0.25, 0.3) is 0 Å². The Morgan fingerprint density at radius 1 is 1.30 bits per heavy atom. The van der Waals surface area contributed by atoms with Gasteiger partial charge in [-0.25, -0.2) is 0 Å². The third-order valence-corrected chi connectivity index (χ3v) is 7.46. The molecule has 5 rings (SSSR count). The average Bonchev–Trinajstić information content (AvgIpc) is 3.15. The van der Waals surface area contributed by atoms with E-state index in [4.69, 9.17) is 9.73 Å². The molecule has 0 saturated carbocycles. The molecule has 2 aliphatic heterocycles. The monoisotopic (exact) mass is 606 g/mol. The fourth-order valence-corrected chi connectivity index (χ4v) is 5.36. The van der Waals surface area contributed by atoms with Crippen molar-refractivity contribution in [3.8, 4) is 0 Å². The number of carbonyl (C=O) groups excluding carboxylic acids is 1. The number of hydrogen-bond acceptors (Lipinski definition) is 8. The molecule has 0 radical (unpaired) electrons. The second-order valence-electron chi connectivity index (χ2n) is 10.1.